The number of nitrogens with zero attached hydrogens (tertiary/aromatic N) is 1. The lowest BCUT2D eigenvalue weighted by Crippen LogP contribution is -2.53. The molecule has 2 fully saturated rings. The first kappa shape index (κ1) is 38.6. The Bertz CT molecular complexity index is 1620. The summed E-state index contributed by atoms with van der Waals surface area (Å²) < 4.78 is 5.95. The molecule has 280 valence electrons. The summed E-state index contributed by atoms with van der Waals surface area (Å²) >= 11 is 0. The van der Waals surface area contributed by atoms with Crippen molar-refractivity contribution in [1.82, 2.24) is 4.90 Å². The molecule has 0 aromatic heterocycles. The van der Waals surface area contributed by atoms with Crippen LogP contribution in [0.3, 0.4) is 0 Å². The topological polar surface area (TPSA) is 90.2 Å². The van der Waals surface area contributed by atoms with Gasteiger partial charge < -0.3 is 20.1 Å². The van der Waals surface area contributed by atoms with Gasteiger partial charge in [0.15, 0.2) is 5.78 Å². The maximum Gasteiger partial charge on any atom is 0.166 e. The average molecular weight is 708 g/mol. The summed E-state index contributed by atoms with van der Waals surface area (Å²) in [6.07, 6.45) is 11.4. The number of benzene rings is 3. The maximum absolute atomic E-state index is 14.4. The van der Waals surface area contributed by atoms with Crippen molar-refractivity contribution in [3.63, 3.8) is 0 Å². The average Bonchev–Trinajstić information content (AvgIpc) is 3.40. The Balaban J connectivity index is 1.31. The Morgan fingerprint density at radius 1 is 0.923 bits per heavy atom. The minimum Gasteiger partial charge on any atom is -0.393 e. The number of hydrogen-bond acceptors (Lipinski definition) is 6. The highest BCUT2D eigenvalue weighted by Gasteiger charge is 2.57. The van der Waals surface area contributed by atoms with E-state index in [1.54, 1.807) is 0 Å². The number of ketones is 1. The molecule has 3 aromatic rings. The van der Waals surface area contributed by atoms with Crippen LogP contribution in [0.2, 0.25) is 0 Å². The van der Waals surface area contributed by atoms with Crippen LogP contribution in [0.1, 0.15) is 123 Å². The van der Waals surface area contributed by atoms with E-state index in [1.165, 1.54) is 12.0 Å². The van der Waals surface area contributed by atoms with Crippen molar-refractivity contribution < 1.29 is 24.9 Å². The van der Waals surface area contributed by atoms with Gasteiger partial charge in [-0.2, -0.15) is 0 Å². The van der Waals surface area contributed by atoms with Gasteiger partial charge in [0.25, 0.3) is 0 Å². The van der Waals surface area contributed by atoms with E-state index in [1.807, 2.05) is 48.5 Å². The Labute approximate surface area is 311 Å². The van der Waals surface area contributed by atoms with Crippen molar-refractivity contribution in [1.29, 1.82) is 0 Å². The van der Waals surface area contributed by atoms with E-state index in [4.69, 9.17) is 4.74 Å². The van der Waals surface area contributed by atoms with Crippen molar-refractivity contribution in [2.75, 3.05) is 19.7 Å². The molecular formula is C46H61NO5. The Morgan fingerprint density at radius 3 is 2.37 bits per heavy atom. The standard InChI is InChI=1S/C46H61NO5/c1-34-13-12-25-45(2)43(41-23-21-37(27-39(48)22-20-34)28-42(41)44(50)38-18-10-5-11-19-38)24-26-46(45,51)33-47(29-35-14-6-3-7-15-35)30-40(49)32-52-31-36-16-8-4-9-17-36/h3-4,6-9,13-17,21,23,28,38-40,43,48-49,51H,5,10-12,18-20,22,24-27,29-33H2,1-2H3/t39-,40+,43-,45-,46+/m0/s1. The molecule has 0 unspecified atom stereocenters. The van der Waals surface area contributed by atoms with Gasteiger partial charge >= 0.3 is 0 Å². The second kappa shape index (κ2) is 17.8. The van der Waals surface area contributed by atoms with Crippen LogP contribution in [0.5, 0.6) is 0 Å². The van der Waals surface area contributed by atoms with E-state index in [2.05, 4.69) is 55.2 Å². The van der Waals surface area contributed by atoms with E-state index in [9.17, 15) is 20.1 Å². The van der Waals surface area contributed by atoms with Gasteiger partial charge in [-0.05, 0) is 98.9 Å². The fourth-order valence-electron chi connectivity index (χ4n) is 9.43. The number of fused-ring (bicyclic) bond motifs is 8. The van der Waals surface area contributed by atoms with Crippen LogP contribution in [-0.4, -0.2) is 63.5 Å². The van der Waals surface area contributed by atoms with Crippen LogP contribution >= 0.6 is 0 Å². The van der Waals surface area contributed by atoms with E-state index in [0.717, 1.165) is 79.2 Å². The second-order valence-corrected chi connectivity index (χ2v) is 16.5. The molecule has 7 rings (SSSR count). The third-order valence-corrected chi connectivity index (χ3v) is 12.5. The zero-order valence-corrected chi connectivity index (χ0v) is 31.5. The van der Waals surface area contributed by atoms with Crippen LogP contribution in [0, 0.1) is 11.3 Å². The molecule has 0 aliphatic heterocycles. The predicted molar refractivity (Wildman–Crippen MR) is 208 cm³/mol. The molecule has 6 heteroatoms. The van der Waals surface area contributed by atoms with Crippen molar-refractivity contribution in [3.05, 3.63) is 118 Å². The first-order valence-corrected chi connectivity index (χ1v) is 19.9. The molecule has 0 spiro atoms. The van der Waals surface area contributed by atoms with Gasteiger partial charge in [0.1, 0.15) is 0 Å². The highest BCUT2D eigenvalue weighted by molar-refractivity contribution is 5.99. The van der Waals surface area contributed by atoms with E-state index >= 15 is 0 Å². The zero-order valence-electron chi connectivity index (χ0n) is 31.5. The van der Waals surface area contributed by atoms with Crippen molar-refractivity contribution in [2.45, 2.75) is 128 Å². The number of rotatable bonds is 12. The summed E-state index contributed by atoms with van der Waals surface area (Å²) in [5.74, 6) is 0.278. The molecule has 6 nitrogen and oxygen atoms in total. The van der Waals surface area contributed by atoms with Crippen LogP contribution in [0.25, 0.3) is 0 Å². The normalized spacial score (nSPS) is 26.5. The number of ether oxygens (including phenoxy) is 1. The Morgan fingerprint density at radius 2 is 1.63 bits per heavy atom. The summed E-state index contributed by atoms with van der Waals surface area (Å²) in [7, 11) is 0. The summed E-state index contributed by atoms with van der Waals surface area (Å²) in [4.78, 5) is 16.6. The van der Waals surface area contributed by atoms with Gasteiger partial charge in [0.2, 0.25) is 0 Å². The molecule has 0 radical (unpaired) electrons. The lowest BCUT2D eigenvalue weighted by molar-refractivity contribution is -0.0923. The second-order valence-electron chi connectivity index (χ2n) is 16.5. The highest BCUT2D eigenvalue weighted by atomic mass is 16.5. The van der Waals surface area contributed by atoms with Gasteiger partial charge in [-0.15, -0.1) is 0 Å². The first-order chi connectivity index (χ1) is 25.1. The van der Waals surface area contributed by atoms with Crippen LogP contribution < -0.4 is 0 Å². The first-order valence-electron chi connectivity index (χ1n) is 19.9. The number of carbonyl (C=O) groups is 1. The van der Waals surface area contributed by atoms with Crippen molar-refractivity contribution >= 4 is 5.78 Å². The van der Waals surface area contributed by atoms with Crippen molar-refractivity contribution in [2.24, 2.45) is 11.3 Å². The zero-order chi connectivity index (χ0) is 36.6. The summed E-state index contributed by atoms with van der Waals surface area (Å²) in [6.45, 7) is 6.42. The summed E-state index contributed by atoms with van der Waals surface area (Å²) in [5.41, 5.74) is 4.77. The monoisotopic (exact) mass is 707 g/mol. The Hall–Kier alpha value is -3.13. The van der Waals surface area contributed by atoms with Crippen LogP contribution in [0.15, 0.2) is 90.5 Å². The van der Waals surface area contributed by atoms with Crippen molar-refractivity contribution in [3.8, 4) is 0 Å². The number of aliphatic hydroxyl groups excluding tert-OH is 2. The predicted octanol–water partition coefficient (Wildman–Crippen LogP) is 8.57. The smallest absolute Gasteiger partial charge is 0.166 e. The lowest BCUT2D eigenvalue weighted by atomic mass is 9.64. The van der Waals surface area contributed by atoms with Gasteiger partial charge in [0.05, 0.1) is 31.0 Å². The molecule has 3 aromatic carbocycles. The van der Waals surface area contributed by atoms with Crippen LogP contribution in [0.4, 0.5) is 0 Å². The molecule has 0 amide bonds. The van der Waals surface area contributed by atoms with Gasteiger partial charge in [0, 0.05) is 36.5 Å². The molecule has 3 N–H and O–H groups in total. The summed E-state index contributed by atoms with van der Waals surface area (Å²) in [5, 5.41) is 35.4. The van der Waals surface area contributed by atoms with Gasteiger partial charge in [-0.3, -0.25) is 9.69 Å². The number of Topliss-reactive ketones (excluding diaryl/α,β-unsaturated/α-hetero) is 1. The third kappa shape index (κ3) is 9.50. The number of allylic oxidation sites excluding steroid dienone is 2. The Kier molecular flexibility index (Phi) is 13.2. The fourth-order valence-corrected chi connectivity index (χ4v) is 9.43. The molecule has 0 heterocycles. The van der Waals surface area contributed by atoms with Gasteiger partial charge in [-0.1, -0.05) is 111 Å². The minimum atomic E-state index is -1.06. The SMILES string of the molecule is CC1=CCC[C@@]2(C)[C@@H](CC[C@@]2(O)CN(Cc2ccccc2)C[C@@H](O)COCc2ccccc2)c2ccc(cc2C(=O)C2CCCCC2)C[C@@H](O)CC1. The number of hydrogen-bond donors (Lipinski definition) is 3. The molecule has 52 heavy (non-hydrogen) atoms. The quantitative estimate of drug-likeness (QED) is 0.129. The molecule has 5 atom stereocenters. The highest BCUT2D eigenvalue weighted by Crippen LogP contribution is 2.59. The molecular weight excluding hydrogens is 647 g/mol. The molecule has 4 aliphatic rings. The lowest BCUT2D eigenvalue weighted by Gasteiger charge is -2.46. The van der Waals surface area contributed by atoms with E-state index in [0.29, 0.717) is 45.5 Å². The minimum absolute atomic E-state index is 0.00614. The molecule has 4 aliphatic carbocycles. The molecule has 2 saturated carbocycles. The maximum atomic E-state index is 14.4. The van der Waals surface area contributed by atoms with E-state index in [-0.39, 0.29) is 24.2 Å². The fraction of sp³-hybridized carbons (Fsp3) is 0.543. The molecule has 0 saturated heterocycles. The number of carbonyl (C=O) groups excluding carboxylic acids is 1. The largest absolute Gasteiger partial charge is 0.393 e. The molecule has 2 bridgehead atoms. The van der Waals surface area contributed by atoms with Gasteiger partial charge in [-0.25, -0.2) is 0 Å². The third-order valence-electron chi connectivity index (χ3n) is 12.5. The van der Waals surface area contributed by atoms with E-state index < -0.39 is 23.2 Å². The number of aliphatic hydroxyl groups is 3. The summed E-state index contributed by atoms with van der Waals surface area (Å²) in [6, 6.07) is 26.7. The van der Waals surface area contributed by atoms with Crippen LogP contribution in [-0.2, 0) is 24.3 Å².